The number of pyridine rings is 1. The van der Waals surface area contributed by atoms with Crippen LogP contribution in [0.4, 0.5) is 10.5 Å². The van der Waals surface area contributed by atoms with Crippen molar-refractivity contribution in [3.8, 4) is 0 Å². The van der Waals surface area contributed by atoms with Gasteiger partial charge < -0.3 is 20.3 Å². The number of urea groups is 1. The molecule has 1 aliphatic rings. The molecule has 1 aromatic carbocycles. The van der Waals surface area contributed by atoms with Gasteiger partial charge in [-0.05, 0) is 30.3 Å². The molecule has 2 N–H and O–H groups in total. The van der Waals surface area contributed by atoms with Gasteiger partial charge in [0.2, 0.25) is 0 Å². The molecule has 1 aromatic heterocycles. The van der Waals surface area contributed by atoms with E-state index in [1.54, 1.807) is 35.4 Å². The van der Waals surface area contributed by atoms with Gasteiger partial charge in [0.25, 0.3) is 5.91 Å². The van der Waals surface area contributed by atoms with Crippen molar-refractivity contribution in [2.75, 3.05) is 31.6 Å². The molecule has 0 spiro atoms. The maximum atomic E-state index is 12.5. The quantitative estimate of drug-likeness (QED) is 0.890. The number of aromatic nitrogens is 1. The Morgan fingerprint density at radius 1 is 1.12 bits per heavy atom. The highest BCUT2D eigenvalue weighted by molar-refractivity contribution is 5.97. The zero-order valence-electron chi connectivity index (χ0n) is 13.8. The van der Waals surface area contributed by atoms with Gasteiger partial charge in [0.1, 0.15) is 0 Å². The molecule has 0 saturated carbocycles. The number of hydrogen-bond donors (Lipinski definition) is 2. The molecule has 0 atom stereocenters. The number of hydrogen-bond acceptors (Lipinski definition) is 4. The van der Waals surface area contributed by atoms with Crippen molar-refractivity contribution in [2.45, 2.75) is 6.54 Å². The van der Waals surface area contributed by atoms with Crippen molar-refractivity contribution < 1.29 is 14.3 Å². The van der Waals surface area contributed by atoms with Crippen LogP contribution >= 0.6 is 0 Å². The van der Waals surface area contributed by atoms with Crippen LogP contribution in [0.2, 0.25) is 0 Å². The number of carbonyl (C=O) groups excluding carboxylic acids is 2. The zero-order valence-corrected chi connectivity index (χ0v) is 13.8. The Morgan fingerprint density at radius 2 is 1.96 bits per heavy atom. The van der Waals surface area contributed by atoms with E-state index >= 15 is 0 Å². The van der Waals surface area contributed by atoms with Crippen LogP contribution in [0.25, 0.3) is 0 Å². The maximum absolute atomic E-state index is 12.5. The molecule has 7 nitrogen and oxygen atoms in total. The number of nitrogens with one attached hydrogen (secondary N) is 2. The average molecular weight is 340 g/mol. The van der Waals surface area contributed by atoms with E-state index in [9.17, 15) is 9.59 Å². The largest absolute Gasteiger partial charge is 0.378 e. The fourth-order valence-corrected chi connectivity index (χ4v) is 2.53. The molecule has 3 rings (SSSR count). The minimum Gasteiger partial charge on any atom is -0.378 e. The summed E-state index contributed by atoms with van der Waals surface area (Å²) in [6.45, 7) is 2.61. The summed E-state index contributed by atoms with van der Waals surface area (Å²) >= 11 is 0. The summed E-state index contributed by atoms with van der Waals surface area (Å²) in [6, 6.07) is 12.1. The predicted molar refractivity (Wildman–Crippen MR) is 93.3 cm³/mol. The molecule has 1 fully saturated rings. The van der Waals surface area contributed by atoms with Gasteiger partial charge in [0, 0.05) is 30.5 Å². The smallest absolute Gasteiger partial charge is 0.319 e. The van der Waals surface area contributed by atoms with E-state index in [2.05, 4.69) is 15.6 Å². The second-order valence-electron chi connectivity index (χ2n) is 5.61. The highest BCUT2D eigenvalue weighted by Crippen LogP contribution is 2.13. The summed E-state index contributed by atoms with van der Waals surface area (Å²) in [5, 5.41) is 5.47. The van der Waals surface area contributed by atoms with E-state index < -0.39 is 0 Å². The fraction of sp³-hybridized carbons (Fsp3) is 0.278. The Hall–Kier alpha value is -2.93. The van der Waals surface area contributed by atoms with Crippen LogP contribution in [0.15, 0.2) is 48.7 Å². The van der Waals surface area contributed by atoms with Crippen LogP contribution in [0.1, 0.15) is 16.1 Å². The third-order valence-electron chi connectivity index (χ3n) is 3.82. The summed E-state index contributed by atoms with van der Waals surface area (Å²) in [7, 11) is 0. The van der Waals surface area contributed by atoms with Crippen molar-refractivity contribution in [1.82, 2.24) is 15.2 Å². The van der Waals surface area contributed by atoms with Crippen LogP contribution in [-0.4, -0.2) is 48.1 Å². The van der Waals surface area contributed by atoms with Crippen molar-refractivity contribution >= 4 is 17.6 Å². The number of carbonyl (C=O) groups is 2. The van der Waals surface area contributed by atoms with Crippen molar-refractivity contribution in [2.24, 2.45) is 0 Å². The molecule has 2 heterocycles. The lowest BCUT2D eigenvalue weighted by molar-refractivity contribution is 0.0303. The molecule has 3 amide bonds. The van der Waals surface area contributed by atoms with Gasteiger partial charge in [-0.3, -0.25) is 9.78 Å². The Morgan fingerprint density at radius 3 is 2.72 bits per heavy atom. The monoisotopic (exact) mass is 340 g/mol. The van der Waals surface area contributed by atoms with E-state index in [-0.39, 0.29) is 11.9 Å². The second-order valence-corrected chi connectivity index (χ2v) is 5.61. The molecule has 0 aliphatic carbocycles. The molecule has 7 heteroatoms. The molecule has 0 radical (unpaired) electrons. The normalized spacial score (nSPS) is 14.0. The number of morpholine rings is 1. The van der Waals surface area contributed by atoms with Gasteiger partial charge in [-0.2, -0.15) is 0 Å². The van der Waals surface area contributed by atoms with Crippen molar-refractivity contribution in [3.05, 3.63) is 59.9 Å². The van der Waals surface area contributed by atoms with E-state index in [1.807, 2.05) is 18.2 Å². The highest BCUT2D eigenvalue weighted by atomic mass is 16.5. The number of rotatable bonds is 4. The minimum absolute atomic E-state index is 0.0548. The maximum Gasteiger partial charge on any atom is 0.319 e. The van der Waals surface area contributed by atoms with Gasteiger partial charge >= 0.3 is 6.03 Å². The molecule has 130 valence electrons. The lowest BCUT2D eigenvalue weighted by Crippen LogP contribution is -2.40. The molecule has 25 heavy (non-hydrogen) atoms. The summed E-state index contributed by atoms with van der Waals surface area (Å²) in [6.07, 6.45) is 1.68. The molecule has 1 saturated heterocycles. The third kappa shape index (κ3) is 4.77. The van der Waals surface area contributed by atoms with E-state index in [1.165, 1.54) is 0 Å². The van der Waals surface area contributed by atoms with E-state index in [4.69, 9.17) is 4.74 Å². The van der Waals surface area contributed by atoms with Gasteiger partial charge in [-0.25, -0.2) is 4.79 Å². The average Bonchev–Trinajstić information content (AvgIpc) is 2.67. The predicted octanol–water partition coefficient (Wildman–Crippen LogP) is 1.88. The molecule has 1 aliphatic heterocycles. The SMILES string of the molecule is O=C(NCc1ccccn1)Nc1cccc(C(=O)N2CCOCC2)c1. The first-order valence-electron chi connectivity index (χ1n) is 8.14. The summed E-state index contributed by atoms with van der Waals surface area (Å²) in [5.74, 6) is -0.0548. The van der Waals surface area contributed by atoms with Gasteiger partial charge in [0.15, 0.2) is 0 Å². The topological polar surface area (TPSA) is 83.6 Å². The van der Waals surface area contributed by atoms with E-state index in [0.29, 0.717) is 44.1 Å². The van der Waals surface area contributed by atoms with E-state index in [0.717, 1.165) is 5.69 Å². The summed E-state index contributed by atoms with van der Waals surface area (Å²) < 4.78 is 5.26. The van der Waals surface area contributed by atoms with Crippen LogP contribution in [0.3, 0.4) is 0 Å². The number of benzene rings is 1. The number of amides is 3. The van der Waals surface area contributed by atoms with Gasteiger partial charge in [0.05, 0.1) is 25.5 Å². The number of nitrogens with zero attached hydrogens (tertiary/aromatic N) is 2. The van der Waals surface area contributed by atoms with Crippen LogP contribution in [0.5, 0.6) is 0 Å². The third-order valence-corrected chi connectivity index (χ3v) is 3.82. The first-order chi connectivity index (χ1) is 12.2. The Labute approximate surface area is 146 Å². The lowest BCUT2D eigenvalue weighted by Gasteiger charge is -2.27. The van der Waals surface area contributed by atoms with Gasteiger partial charge in [-0.1, -0.05) is 12.1 Å². The Balaban J connectivity index is 1.57. The summed E-state index contributed by atoms with van der Waals surface area (Å²) in [5.41, 5.74) is 1.89. The fourth-order valence-electron chi connectivity index (χ4n) is 2.53. The number of anilines is 1. The zero-order chi connectivity index (χ0) is 17.5. The Kier molecular flexibility index (Phi) is 5.58. The van der Waals surface area contributed by atoms with Crippen molar-refractivity contribution in [1.29, 1.82) is 0 Å². The minimum atomic E-state index is -0.346. The molecule has 0 bridgehead atoms. The molecule has 0 unspecified atom stereocenters. The second kappa shape index (κ2) is 8.25. The van der Waals surface area contributed by atoms with Crippen LogP contribution < -0.4 is 10.6 Å². The molecular formula is C18H20N4O3. The Bertz CT molecular complexity index is 730. The lowest BCUT2D eigenvalue weighted by atomic mass is 10.1. The van der Waals surface area contributed by atoms with Crippen LogP contribution in [-0.2, 0) is 11.3 Å². The molecular weight excluding hydrogens is 320 g/mol. The first-order valence-corrected chi connectivity index (χ1v) is 8.14. The number of ether oxygens (including phenoxy) is 1. The first kappa shape index (κ1) is 16.9. The molecule has 2 aromatic rings. The van der Waals surface area contributed by atoms with Gasteiger partial charge in [-0.15, -0.1) is 0 Å². The standard InChI is InChI=1S/C18H20N4O3/c23-17(22-8-10-25-11-9-22)14-4-3-6-15(12-14)21-18(24)20-13-16-5-1-2-7-19-16/h1-7,12H,8-11,13H2,(H2,20,21,24). The van der Waals surface area contributed by atoms with Crippen molar-refractivity contribution in [3.63, 3.8) is 0 Å². The highest BCUT2D eigenvalue weighted by Gasteiger charge is 2.18. The summed E-state index contributed by atoms with van der Waals surface area (Å²) in [4.78, 5) is 30.4. The van der Waals surface area contributed by atoms with Crippen LogP contribution in [0, 0.1) is 0 Å².